The topological polar surface area (TPSA) is 72.3 Å². The van der Waals surface area contributed by atoms with Crippen LogP contribution in [0, 0.1) is 13.8 Å². The molecule has 0 bridgehead atoms. The molecule has 98 valence electrons. The number of aliphatic carboxylic acids is 1. The van der Waals surface area contributed by atoms with Crippen LogP contribution in [0.5, 0.6) is 11.8 Å². The lowest BCUT2D eigenvalue weighted by atomic mass is 10.1. The first-order chi connectivity index (χ1) is 9.02. The van der Waals surface area contributed by atoms with Crippen molar-refractivity contribution in [2.24, 2.45) is 0 Å². The minimum Gasteiger partial charge on any atom is -0.481 e. The monoisotopic (exact) mass is 258 g/mol. The first-order valence-electron chi connectivity index (χ1n) is 5.84. The summed E-state index contributed by atoms with van der Waals surface area (Å²) in [6.45, 7) is 3.75. The Hall–Kier alpha value is -2.43. The van der Waals surface area contributed by atoms with Crippen molar-refractivity contribution in [3.05, 3.63) is 47.3 Å². The minimum absolute atomic E-state index is 0.000331. The van der Waals surface area contributed by atoms with Crippen LogP contribution >= 0.6 is 0 Å². The second-order valence-electron chi connectivity index (χ2n) is 4.25. The number of rotatable bonds is 4. The van der Waals surface area contributed by atoms with Gasteiger partial charge in [-0.3, -0.25) is 4.79 Å². The summed E-state index contributed by atoms with van der Waals surface area (Å²) in [6.07, 6.45) is 0.000331. The Balaban J connectivity index is 2.12. The summed E-state index contributed by atoms with van der Waals surface area (Å²) < 4.78 is 5.53. The van der Waals surface area contributed by atoms with Crippen LogP contribution in [0.15, 0.2) is 30.3 Å². The Morgan fingerprint density at radius 2 is 1.74 bits per heavy atom. The number of carboxylic acid groups (broad SMARTS) is 1. The predicted octanol–water partition coefficient (Wildman–Crippen LogP) is 2.51. The number of hydrogen-bond donors (Lipinski definition) is 1. The average Bonchev–Trinajstić information content (AvgIpc) is 2.29. The van der Waals surface area contributed by atoms with Crippen molar-refractivity contribution in [2.75, 3.05) is 0 Å². The van der Waals surface area contributed by atoms with Crippen LogP contribution in [0.25, 0.3) is 0 Å². The van der Waals surface area contributed by atoms with Gasteiger partial charge in [0.1, 0.15) is 5.75 Å². The van der Waals surface area contributed by atoms with Gasteiger partial charge in [0.25, 0.3) is 0 Å². The first-order valence-corrected chi connectivity index (χ1v) is 5.84. The van der Waals surface area contributed by atoms with Crippen LogP contribution in [0.2, 0.25) is 0 Å². The van der Waals surface area contributed by atoms with Crippen molar-refractivity contribution < 1.29 is 14.6 Å². The Bertz CT molecular complexity index is 574. The van der Waals surface area contributed by atoms with Gasteiger partial charge in [0, 0.05) is 11.4 Å². The lowest BCUT2D eigenvalue weighted by Gasteiger charge is -2.06. The molecule has 1 N–H and O–H groups in total. The summed E-state index contributed by atoms with van der Waals surface area (Å²) in [4.78, 5) is 18.9. The zero-order valence-corrected chi connectivity index (χ0v) is 10.8. The normalized spacial score (nSPS) is 10.2. The van der Waals surface area contributed by atoms with E-state index in [1.165, 1.54) is 0 Å². The fraction of sp³-hybridized carbons (Fsp3) is 0.214. The molecule has 0 saturated carbocycles. The summed E-state index contributed by atoms with van der Waals surface area (Å²) in [7, 11) is 0. The standard InChI is InChI=1S/C14H14N2O3/c1-9-7-10(2)16-14(15-9)19-12-5-3-11(4-6-12)8-13(17)18/h3-7H,8H2,1-2H3,(H,17,18). The molecule has 0 fully saturated rings. The highest BCUT2D eigenvalue weighted by molar-refractivity contribution is 5.70. The van der Waals surface area contributed by atoms with Crippen LogP contribution in [-0.2, 0) is 11.2 Å². The van der Waals surface area contributed by atoms with Gasteiger partial charge in [-0.15, -0.1) is 0 Å². The van der Waals surface area contributed by atoms with Gasteiger partial charge in [0.15, 0.2) is 0 Å². The fourth-order valence-corrected chi connectivity index (χ4v) is 1.69. The number of carboxylic acids is 1. The van der Waals surface area contributed by atoms with Crippen molar-refractivity contribution in [3.8, 4) is 11.8 Å². The van der Waals surface area contributed by atoms with Gasteiger partial charge in [0.2, 0.25) is 0 Å². The van der Waals surface area contributed by atoms with E-state index in [4.69, 9.17) is 9.84 Å². The number of carbonyl (C=O) groups is 1. The third-order valence-corrected chi connectivity index (χ3v) is 2.45. The van der Waals surface area contributed by atoms with Gasteiger partial charge in [-0.25, -0.2) is 9.97 Å². The summed E-state index contributed by atoms with van der Waals surface area (Å²) >= 11 is 0. The molecule has 0 spiro atoms. The maximum Gasteiger partial charge on any atom is 0.322 e. The highest BCUT2D eigenvalue weighted by atomic mass is 16.5. The van der Waals surface area contributed by atoms with E-state index in [-0.39, 0.29) is 6.42 Å². The van der Waals surface area contributed by atoms with Crippen LogP contribution < -0.4 is 4.74 Å². The van der Waals surface area contributed by atoms with Crippen LogP contribution in [-0.4, -0.2) is 21.0 Å². The van der Waals surface area contributed by atoms with Gasteiger partial charge >= 0.3 is 12.0 Å². The van der Waals surface area contributed by atoms with Gasteiger partial charge in [-0.05, 0) is 37.6 Å². The van der Waals surface area contributed by atoms with E-state index in [9.17, 15) is 4.79 Å². The molecular formula is C14H14N2O3. The van der Waals surface area contributed by atoms with E-state index in [0.717, 1.165) is 17.0 Å². The van der Waals surface area contributed by atoms with E-state index in [1.807, 2.05) is 19.9 Å². The van der Waals surface area contributed by atoms with E-state index in [2.05, 4.69) is 9.97 Å². The SMILES string of the molecule is Cc1cc(C)nc(Oc2ccc(CC(=O)O)cc2)n1. The molecule has 5 heteroatoms. The van der Waals surface area contributed by atoms with Crippen molar-refractivity contribution in [1.29, 1.82) is 0 Å². The molecule has 0 amide bonds. The van der Waals surface area contributed by atoms with E-state index in [1.54, 1.807) is 24.3 Å². The maximum absolute atomic E-state index is 10.6. The molecule has 0 aliphatic heterocycles. The zero-order valence-electron chi connectivity index (χ0n) is 10.8. The number of benzene rings is 1. The summed E-state index contributed by atoms with van der Waals surface area (Å²) in [5, 5.41) is 8.68. The highest BCUT2D eigenvalue weighted by Gasteiger charge is 2.04. The van der Waals surface area contributed by atoms with E-state index in [0.29, 0.717) is 11.8 Å². The molecule has 0 aliphatic carbocycles. The molecule has 5 nitrogen and oxygen atoms in total. The Labute approximate surface area is 110 Å². The summed E-state index contributed by atoms with van der Waals surface area (Å²) in [5.41, 5.74) is 2.40. The van der Waals surface area contributed by atoms with Crippen LogP contribution in [0.4, 0.5) is 0 Å². The van der Waals surface area contributed by atoms with Crippen LogP contribution in [0.3, 0.4) is 0 Å². The largest absolute Gasteiger partial charge is 0.481 e. The third kappa shape index (κ3) is 3.77. The summed E-state index contributed by atoms with van der Waals surface area (Å²) in [6, 6.07) is 9.00. The van der Waals surface area contributed by atoms with E-state index >= 15 is 0 Å². The molecular weight excluding hydrogens is 244 g/mol. The molecule has 0 atom stereocenters. The van der Waals surface area contributed by atoms with Gasteiger partial charge in [0.05, 0.1) is 6.42 Å². The van der Waals surface area contributed by atoms with Crippen molar-refractivity contribution in [1.82, 2.24) is 9.97 Å². The number of aromatic nitrogens is 2. The Kier molecular flexibility index (Phi) is 3.75. The average molecular weight is 258 g/mol. The van der Waals surface area contributed by atoms with Gasteiger partial charge in [-0.2, -0.15) is 0 Å². The Morgan fingerprint density at radius 1 is 1.16 bits per heavy atom. The molecule has 0 radical (unpaired) electrons. The molecule has 1 aromatic heterocycles. The molecule has 0 aliphatic rings. The fourth-order valence-electron chi connectivity index (χ4n) is 1.69. The third-order valence-electron chi connectivity index (χ3n) is 2.45. The van der Waals surface area contributed by atoms with Crippen molar-refractivity contribution >= 4 is 5.97 Å². The molecule has 0 saturated heterocycles. The number of hydrogen-bond acceptors (Lipinski definition) is 4. The molecule has 1 heterocycles. The maximum atomic E-state index is 10.6. The second-order valence-corrected chi connectivity index (χ2v) is 4.25. The number of ether oxygens (including phenoxy) is 1. The molecule has 0 unspecified atom stereocenters. The summed E-state index contributed by atoms with van der Waals surface area (Å²) in [5.74, 6) is -0.273. The lowest BCUT2D eigenvalue weighted by Crippen LogP contribution is -2.00. The smallest absolute Gasteiger partial charge is 0.322 e. The van der Waals surface area contributed by atoms with Crippen molar-refractivity contribution in [3.63, 3.8) is 0 Å². The van der Waals surface area contributed by atoms with Crippen LogP contribution in [0.1, 0.15) is 17.0 Å². The highest BCUT2D eigenvalue weighted by Crippen LogP contribution is 2.19. The zero-order chi connectivity index (χ0) is 13.8. The Morgan fingerprint density at radius 3 is 2.26 bits per heavy atom. The molecule has 2 rings (SSSR count). The predicted molar refractivity (Wildman–Crippen MR) is 69.4 cm³/mol. The quantitative estimate of drug-likeness (QED) is 0.912. The number of aryl methyl sites for hydroxylation is 2. The second kappa shape index (κ2) is 5.48. The minimum atomic E-state index is -0.855. The first kappa shape index (κ1) is 13.0. The number of nitrogens with zero attached hydrogens (tertiary/aromatic N) is 2. The van der Waals surface area contributed by atoms with Crippen molar-refractivity contribution in [2.45, 2.75) is 20.3 Å². The molecule has 2 aromatic rings. The molecule has 19 heavy (non-hydrogen) atoms. The molecule has 1 aromatic carbocycles. The van der Waals surface area contributed by atoms with Gasteiger partial charge in [-0.1, -0.05) is 12.1 Å². The van der Waals surface area contributed by atoms with Gasteiger partial charge < -0.3 is 9.84 Å². The van der Waals surface area contributed by atoms with E-state index < -0.39 is 5.97 Å². The lowest BCUT2D eigenvalue weighted by molar-refractivity contribution is -0.136.